The van der Waals surface area contributed by atoms with E-state index >= 15 is 0 Å². The molecule has 0 amide bonds. The summed E-state index contributed by atoms with van der Waals surface area (Å²) in [6.07, 6.45) is 6.54. The van der Waals surface area contributed by atoms with Gasteiger partial charge in [0.15, 0.2) is 0 Å². The first-order valence-corrected chi connectivity index (χ1v) is 11.9. The molecule has 30 heavy (non-hydrogen) atoms. The molecular formula is C25H24N2O2S. The maximum absolute atomic E-state index is 13.0. The van der Waals surface area contributed by atoms with E-state index in [9.17, 15) is 8.42 Å². The number of hydrogen-bond donors (Lipinski definition) is 0. The quantitative estimate of drug-likeness (QED) is 0.449. The highest BCUT2D eigenvalue weighted by atomic mass is 32.2. The minimum atomic E-state index is -3.48. The van der Waals surface area contributed by atoms with Crippen molar-refractivity contribution in [2.45, 2.75) is 13.0 Å². The van der Waals surface area contributed by atoms with Crippen molar-refractivity contribution >= 4 is 37.8 Å². The molecule has 0 unspecified atom stereocenters. The fourth-order valence-corrected chi connectivity index (χ4v) is 5.27. The Morgan fingerprint density at radius 3 is 2.53 bits per heavy atom. The number of rotatable bonds is 6. The van der Waals surface area contributed by atoms with Gasteiger partial charge in [0.1, 0.15) is 0 Å². The molecule has 1 aliphatic rings. The van der Waals surface area contributed by atoms with Gasteiger partial charge in [-0.25, -0.2) is 12.4 Å². The Bertz CT molecular complexity index is 1350. The fraction of sp³-hybridized carbons (Fsp3) is 0.200. The summed E-state index contributed by atoms with van der Waals surface area (Å²) in [5, 5.41) is 3.34. The van der Waals surface area contributed by atoms with Crippen molar-refractivity contribution in [3.8, 4) is 0 Å². The highest BCUT2D eigenvalue weighted by Crippen LogP contribution is 2.25. The number of hydrogen-bond acceptors (Lipinski definition) is 3. The summed E-state index contributed by atoms with van der Waals surface area (Å²) < 4.78 is 27.4. The third-order valence-electron chi connectivity index (χ3n) is 5.82. The minimum Gasteiger partial charge on any atom is -0.299 e. The normalized spacial score (nSPS) is 15.2. The largest absolute Gasteiger partial charge is 0.299 e. The van der Waals surface area contributed by atoms with E-state index in [1.54, 1.807) is 12.3 Å². The van der Waals surface area contributed by atoms with Crippen LogP contribution in [0.3, 0.4) is 0 Å². The molecule has 4 aromatic rings. The smallest absolute Gasteiger partial charge is 0.242 e. The lowest BCUT2D eigenvalue weighted by molar-refractivity contribution is 0.173. The third-order valence-corrected chi connectivity index (χ3v) is 7.35. The van der Waals surface area contributed by atoms with Crippen LogP contribution in [0, 0.1) is 0 Å². The summed E-state index contributed by atoms with van der Waals surface area (Å²) in [5.74, 6) is -0.0417. The van der Waals surface area contributed by atoms with Crippen LogP contribution in [0.25, 0.3) is 27.8 Å². The van der Waals surface area contributed by atoms with Crippen LogP contribution >= 0.6 is 0 Å². The molecule has 0 radical (unpaired) electrons. The summed E-state index contributed by atoms with van der Waals surface area (Å²) in [4.78, 5) is 2.38. The first kappa shape index (κ1) is 19.1. The van der Waals surface area contributed by atoms with Gasteiger partial charge >= 0.3 is 0 Å². The summed E-state index contributed by atoms with van der Waals surface area (Å²) >= 11 is 0. The zero-order valence-electron chi connectivity index (χ0n) is 16.7. The fourth-order valence-electron chi connectivity index (χ4n) is 4.07. The van der Waals surface area contributed by atoms with E-state index in [-0.39, 0.29) is 5.75 Å². The molecule has 2 heterocycles. The van der Waals surface area contributed by atoms with Crippen molar-refractivity contribution < 1.29 is 8.42 Å². The Labute approximate surface area is 177 Å². The van der Waals surface area contributed by atoms with E-state index in [0.717, 1.165) is 41.5 Å². The molecule has 0 saturated carbocycles. The van der Waals surface area contributed by atoms with Gasteiger partial charge in [-0.05, 0) is 59.6 Å². The predicted molar refractivity (Wildman–Crippen MR) is 124 cm³/mol. The molecule has 5 heteroatoms. The molecule has 4 nitrogen and oxygen atoms in total. The lowest BCUT2D eigenvalue weighted by Crippen LogP contribution is -2.36. The van der Waals surface area contributed by atoms with E-state index < -0.39 is 10.0 Å². The summed E-state index contributed by atoms with van der Waals surface area (Å²) in [6, 6.07) is 22.2. The van der Waals surface area contributed by atoms with Gasteiger partial charge in [0, 0.05) is 18.1 Å². The SMILES string of the molecule is O=S(=O)(CC=Cc1ccc2ccccc2c1)n1ccc2c(CN3CCC3)cccc21. The number of fused-ring (bicyclic) bond motifs is 2. The number of aromatic nitrogens is 1. The van der Waals surface area contributed by atoms with Crippen molar-refractivity contribution in [1.82, 2.24) is 8.87 Å². The summed E-state index contributed by atoms with van der Waals surface area (Å²) in [6.45, 7) is 3.12. The van der Waals surface area contributed by atoms with Crippen molar-refractivity contribution in [2.24, 2.45) is 0 Å². The molecule has 0 atom stereocenters. The second kappa shape index (κ2) is 7.74. The predicted octanol–water partition coefficient (Wildman–Crippen LogP) is 4.89. The van der Waals surface area contributed by atoms with Crippen LogP contribution in [0.5, 0.6) is 0 Å². The van der Waals surface area contributed by atoms with E-state index in [1.807, 2.05) is 42.5 Å². The topological polar surface area (TPSA) is 42.3 Å². The zero-order chi connectivity index (χ0) is 20.6. The van der Waals surface area contributed by atoms with E-state index in [1.165, 1.54) is 21.3 Å². The molecular weight excluding hydrogens is 392 g/mol. The molecule has 1 fully saturated rings. The molecule has 1 aliphatic heterocycles. The van der Waals surface area contributed by atoms with Gasteiger partial charge in [-0.15, -0.1) is 0 Å². The highest BCUT2D eigenvalue weighted by Gasteiger charge is 2.18. The molecule has 152 valence electrons. The second-order valence-corrected chi connectivity index (χ2v) is 9.77. The number of nitrogens with zero attached hydrogens (tertiary/aromatic N) is 2. The lowest BCUT2D eigenvalue weighted by Gasteiger charge is -2.30. The summed E-state index contributed by atoms with van der Waals surface area (Å²) in [5.41, 5.74) is 2.94. The Balaban J connectivity index is 1.38. The molecule has 0 bridgehead atoms. The zero-order valence-corrected chi connectivity index (χ0v) is 17.6. The third kappa shape index (κ3) is 3.66. The number of likely N-dealkylation sites (tertiary alicyclic amines) is 1. The van der Waals surface area contributed by atoms with Crippen LogP contribution in [0.4, 0.5) is 0 Å². The highest BCUT2D eigenvalue weighted by molar-refractivity contribution is 7.90. The van der Waals surface area contributed by atoms with Crippen LogP contribution < -0.4 is 0 Å². The maximum Gasteiger partial charge on any atom is 0.242 e. The van der Waals surface area contributed by atoms with Crippen molar-refractivity contribution in [3.05, 3.63) is 90.1 Å². The van der Waals surface area contributed by atoms with E-state index in [2.05, 4.69) is 35.2 Å². The van der Waals surface area contributed by atoms with Crippen LogP contribution in [-0.2, 0) is 16.6 Å². The van der Waals surface area contributed by atoms with Gasteiger partial charge in [0.2, 0.25) is 10.0 Å². The van der Waals surface area contributed by atoms with Crippen LogP contribution in [-0.4, -0.2) is 36.1 Å². The van der Waals surface area contributed by atoms with Crippen LogP contribution in [0.2, 0.25) is 0 Å². The van der Waals surface area contributed by atoms with Gasteiger partial charge in [0.05, 0.1) is 11.3 Å². The Morgan fingerprint density at radius 1 is 0.900 bits per heavy atom. The average Bonchev–Trinajstić information content (AvgIpc) is 3.16. The molecule has 1 aromatic heterocycles. The molecule has 3 aromatic carbocycles. The first-order valence-electron chi connectivity index (χ1n) is 10.3. The van der Waals surface area contributed by atoms with Gasteiger partial charge in [0.25, 0.3) is 0 Å². The second-order valence-electron chi connectivity index (χ2n) is 7.88. The first-order chi connectivity index (χ1) is 14.6. The monoisotopic (exact) mass is 416 g/mol. The molecule has 0 spiro atoms. The van der Waals surface area contributed by atoms with E-state index in [4.69, 9.17) is 0 Å². The Morgan fingerprint density at radius 2 is 1.73 bits per heavy atom. The summed E-state index contributed by atoms with van der Waals surface area (Å²) in [7, 11) is -3.48. The van der Waals surface area contributed by atoms with Gasteiger partial charge in [-0.1, -0.05) is 60.7 Å². The molecule has 0 N–H and O–H groups in total. The van der Waals surface area contributed by atoms with Crippen LogP contribution in [0.15, 0.2) is 79.0 Å². The lowest BCUT2D eigenvalue weighted by atomic mass is 10.1. The number of benzene rings is 3. The molecule has 5 rings (SSSR count). The maximum atomic E-state index is 13.0. The van der Waals surface area contributed by atoms with Gasteiger partial charge < -0.3 is 0 Å². The molecule has 1 saturated heterocycles. The molecule has 0 aliphatic carbocycles. The minimum absolute atomic E-state index is 0.0417. The van der Waals surface area contributed by atoms with Gasteiger partial charge in [-0.3, -0.25) is 4.90 Å². The van der Waals surface area contributed by atoms with Crippen molar-refractivity contribution in [1.29, 1.82) is 0 Å². The standard InChI is InChI=1S/C25H24N2O2S/c28-30(29,17-4-6-20-11-12-21-7-1-2-8-22(21)18-20)27-16-13-24-23(9-3-10-25(24)27)19-26-14-5-15-26/h1-4,6-13,16,18H,5,14-15,17,19H2. The Hall–Kier alpha value is -2.89. The van der Waals surface area contributed by atoms with Crippen molar-refractivity contribution in [3.63, 3.8) is 0 Å². The van der Waals surface area contributed by atoms with Gasteiger partial charge in [-0.2, -0.15) is 0 Å². The van der Waals surface area contributed by atoms with E-state index in [0.29, 0.717) is 0 Å². The van der Waals surface area contributed by atoms with Crippen molar-refractivity contribution in [2.75, 3.05) is 18.8 Å². The van der Waals surface area contributed by atoms with Crippen LogP contribution in [0.1, 0.15) is 17.5 Å². The average molecular weight is 417 g/mol. The Kier molecular flexibility index (Phi) is 4.93.